The molecule has 2 heterocycles. The quantitative estimate of drug-likeness (QED) is 0.867. The summed E-state index contributed by atoms with van der Waals surface area (Å²) >= 11 is 0. The Morgan fingerprint density at radius 2 is 2.09 bits per heavy atom. The summed E-state index contributed by atoms with van der Waals surface area (Å²) in [5.41, 5.74) is 0.0950. The molecule has 1 aromatic heterocycles. The maximum absolute atomic E-state index is 13.2. The number of ether oxygens (including phenoxy) is 1. The van der Waals surface area contributed by atoms with Gasteiger partial charge in [0.05, 0.1) is 0 Å². The van der Waals surface area contributed by atoms with Crippen molar-refractivity contribution in [3.05, 3.63) is 51.9 Å². The van der Waals surface area contributed by atoms with Crippen molar-refractivity contribution in [3.8, 4) is 5.88 Å². The van der Waals surface area contributed by atoms with Gasteiger partial charge in [-0.25, -0.2) is 13.6 Å². The first kappa shape index (κ1) is 15.5. The second kappa shape index (κ2) is 5.98. The van der Waals surface area contributed by atoms with E-state index in [4.69, 9.17) is 4.74 Å². The zero-order valence-corrected chi connectivity index (χ0v) is 12.9. The molecule has 0 saturated carbocycles. The Balaban J connectivity index is 1.82. The molecule has 1 atom stereocenters. The molecule has 0 aliphatic carbocycles. The maximum Gasteiger partial charge on any atom is 0.352 e. The lowest BCUT2D eigenvalue weighted by molar-refractivity contribution is 0.290. The molecular weight excluding hydrogens is 304 g/mol. The lowest BCUT2D eigenvalue weighted by Gasteiger charge is -2.21. The number of fused-ring (bicyclic) bond motifs is 1. The summed E-state index contributed by atoms with van der Waals surface area (Å²) in [6.45, 7) is 5.43. The van der Waals surface area contributed by atoms with Crippen molar-refractivity contribution in [1.29, 1.82) is 0 Å². The molecule has 0 saturated heterocycles. The van der Waals surface area contributed by atoms with Crippen molar-refractivity contribution in [2.45, 2.75) is 33.0 Å². The van der Waals surface area contributed by atoms with Crippen LogP contribution in [0.25, 0.3) is 0 Å². The predicted molar refractivity (Wildman–Crippen MR) is 81.7 cm³/mol. The first-order valence-corrected chi connectivity index (χ1v) is 7.45. The van der Waals surface area contributed by atoms with Gasteiger partial charge in [-0.15, -0.1) is 0 Å². The fourth-order valence-corrected chi connectivity index (χ4v) is 2.81. The molecule has 3 rings (SSSR count). The molecule has 0 amide bonds. The van der Waals surface area contributed by atoms with E-state index in [0.717, 1.165) is 24.5 Å². The molecule has 122 valence electrons. The zero-order valence-electron chi connectivity index (χ0n) is 12.9. The van der Waals surface area contributed by atoms with Crippen molar-refractivity contribution in [2.24, 2.45) is 0 Å². The summed E-state index contributed by atoms with van der Waals surface area (Å²) < 4.78 is 33.2. The molecular formula is C16H17F2N3O2. The van der Waals surface area contributed by atoms with Crippen LogP contribution in [0.1, 0.15) is 19.4 Å². The van der Waals surface area contributed by atoms with Gasteiger partial charge in [0.25, 0.3) is 0 Å². The van der Waals surface area contributed by atoms with Crippen molar-refractivity contribution in [2.75, 3.05) is 11.4 Å². The van der Waals surface area contributed by atoms with E-state index < -0.39 is 11.6 Å². The summed E-state index contributed by atoms with van der Waals surface area (Å²) in [6.07, 6.45) is 0. The fraction of sp³-hybridized carbons (Fsp3) is 0.375. The minimum absolute atomic E-state index is 0.00870. The Hall–Kier alpha value is -2.44. The summed E-state index contributed by atoms with van der Waals surface area (Å²) in [4.78, 5) is 18.1. The molecule has 2 aromatic rings. The van der Waals surface area contributed by atoms with E-state index in [1.807, 2.05) is 13.8 Å². The molecule has 1 aliphatic heterocycles. The Kier molecular flexibility index (Phi) is 4.02. The number of anilines is 1. The van der Waals surface area contributed by atoms with Gasteiger partial charge in [-0.1, -0.05) is 6.07 Å². The van der Waals surface area contributed by atoms with Gasteiger partial charge in [0.15, 0.2) is 11.6 Å². The molecule has 0 spiro atoms. The van der Waals surface area contributed by atoms with E-state index in [1.54, 1.807) is 10.6 Å². The smallest absolute Gasteiger partial charge is 0.352 e. The zero-order chi connectivity index (χ0) is 16.6. The standard InChI is InChI=1S/C16H17F2N3O2/c1-3-20-10(2)8-21-15(20)7-14(19-16(21)22)23-9-11-4-5-12(17)13(18)6-11/h4-7,10H,3,8-9H2,1-2H3. The Morgan fingerprint density at radius 3 is 2.78 bits per heavy atom. The minimum Gasteiger partial charge on any atom is -0.473 e. The average molecular weight is 321 g/mol. The van der Waals surface area contributed by atoms with Crippen LogP contribution in [0.3, 0.4) is 0 Å². The van der Waals surface area contributed by atoms with Crippen LogP contribution in [0.4, 0.5) is 14.6 Å². The number of halogens is 2. The number of rotatable bonds is 4. The number of nitrogens with zero attached hydrogens (tertiary/aromatic N) is 3. The Morgan fingerprint density at radius 1 is 1.30 bits per heavy atom. The fourth-order valence-electron chi connectivity index (χ4n) is 2.81. The first-order chi connectivity index (χ1) is 11.0. The highest BCUT2D eigenvalue weighted by Gasteiger charge is 2.26. The predicted octanol–water partition coefficient (Wildman–Crippen LogP) is 2.33. The van der Waals surface area contributed by atoms with E-state index in [9.17, 15) is 13.6 Å². The molecule has 1 unspecified atom stereocenters. The number of likely N-dealkylation sites (N-methyl/N-ethyl adjacent to an activating group) is 1. The number of hydrogen-bond donors (Lipinski definition) is 0. The van der Waals surface area contributed by atoms with Crippen LogP contribution in [0.2, 0.25) is 0 Å². The molecule has 1 aliphatic rings. The van der Waals surface area contributed by atoms with Crippen molar-refractivity contribution in [3.63, 3.8) is 0 Å². The van der Waals surface area contributed by atoms with Gasteiger partial charge >= 0.3 is 5.69 Å². The highest BCUT2D eigenvalue weighted by molar-refractivity contribution is 5.46. The van der Waals surface area contributed by atoms with Crippen molar-refractivity contribution in [1.82, 2.24) is 9.55 Å². The van der Waals surface area contributed by atoms with Crippen molar-refractivity contribution < 1.29 is 13.5 Å². The highest BCUT2D eigenvalue weighted by Crippen LogP contribution is 2.26. The average Bonchev–Trinajstić information content (AvgIpc) is 2.84. The minimum atomic E-state index is -0.931. The number of hydrogen-bond acceptors (Lipinski definition) is 4. The van der Waals surface area contributed by atoms with Gasteiger partial charge in [0.2, 0.25) is 5.88 Å². The van der Waals surface area contributed by atoms with Crippen molar-refractivity contribution >= 4 is 5.82 Å². The molecule has 0 fully saturated rings. The molecule has 0 bridgehead atoms. The van der Waals surface area contributed by atoms with Gasteiger partial charge in [-0.3, -0.25) is 4.57 Å². The highest BCUT2D eigenvalue weighted by atomic mass is 19.2. The summed E-state index contributed by atoms with van der Waals surface area (Å²) in [5, 5.41) is 0. The third-order valence-electron chi connectivity index (χ3n) is 3.95. The van der Waals surface area contributed by atoms with Crippen LogP contribution in [0, 0.1) is 11.6 Å². The first-order valence-electron chi connectivity index (χ1n) is 7.45. The van der Waals surface area contributed by atoms with Crippen LogP contribution in [-0.2, 0) is 13.2 Å². The van der Waals surface area contributed by atoms with Crippen LogP contribution in [0.15, 0.2) is 29.1 Å². The lowest BCUT2D eigenvalue weighted by atomic mass is 10.2. The summed E-state index contributed by atoms with van der Waals surface area (Å²) in [5.74, 6) is -0.895. The van der Waals surface area contributed by atoms with Gasteiger partial charge in [-0.2, -0.15) is 4.98 Å². The Bertz CT molecular complexity index is 791. The number of aromatic nitrogens is 2. The lowest BCUT2D eigenvalue weighted by Crippen LogP contribution is -2.28. The van der Waals surface area contributed by atoms with Gasteiger partial charge in [0.1, 0.15) is 12.4 Å². The molecule has 0 radical (unpaired) electrons. The van der Waals surface area contributed by atoms with E-state index in [1.165, 1.54) is 6.07 Å². The van der Waals surface area contributed by atoms with Gasteiger partial charge in [0, 0.05) is 25.2 Å². The topological polar surface area (TPSA) is 47.4 Å². The third-order valence-corrected chi connectivity index (χ3v) is 3.95. The normalized spacial score (nSPS) is 16.5. The molecule has 7 heteroatoms. The van der Waals surface area contributed by atoms with E-state index in [0.29, 0.717) is 12.1 Å². The second-order valence-electron chi connectivity index (χ2n) is 5.52. The molecule has 23 heavy (non-hydrogen) atoms. The van der Waals surface area contributed by atoms with E-state index in [2.05, 4.69) is 9.88 Å². The monoisotopic (exact) mass is 321 g/mol. The molecule has 0 N–H and O–H groups in total. The third kappa shape index (κ3) is 2.91. The molecule has 1 aromatic carbocycles. The SMILES string of the molecule is CCN1c2cc(OCc3ccc(F)c(F)c3)nc(=O)n2CC1C. The van der Waals surface area contributed by atoms with E-state index in [-0.39, 0.29) is 24.2 Å². The maximum atomic E-state index is 13.2. The van der Waals surface area contributed by atoms with E-state index >= 15 is 0 Å². The summed E-state index contributed by atoms with van der Waals surface area (Å²) in [6, 6.07) is 5.46. The summed E-state index contributed by atoms with van der Waals surface area (Å²) in [7, 11) is 0. The molecule has 5 nitrogen and oxygen atoms in total. The van der Waals surface area contributed by atoms with Crippen LogP contribution in [0.5, 0.6) is 5.88 Å². The largest absolute Gasteiger partial charge is 0.473 e. The van der Waals surface area contributed by atoms with Gasteiger partial charge < -0.3 is 9.64 Å². The van der Waals surface area contributed by atoms with Gasteiger partial charge in [-0.05, 0) is 31.5 Å². The second-order valence-corrected chi connectivity index (χ2v) is 5.52. The van der Waals surface area contributed by atoms with Crippen LogP contribution in [-0.4, -0.2) is 22.1 Å². The van der Waals surface area contributed by atoms with Crippen LogP contribution >= 0.6 is 0 Å². The Labute approximate surface area is 132 Å². The van der Waals surface area contributed by atoms with Crippen LogP contribution < -0.4 is 15.3 Å². The number of benzene rings is 1.